The highest BCUT2D eigenvalue weighted by molar-refractivity contribution is 5.81. The smallest absolute Gasteiger partial charge is 0.271 e. The topological polar surface area (TPSA) is 86.0 Å². The fourth-order valence-electron chi connectivity index (χ4n) is 1.97. The first-order valence-corrected chi connectivity index (χ1v) is 7.48. The fraction of sp³-hybridized carbons (Fsp3) is 0.235. The third-order valence-corrected chi connectivity index (χ3v) is 3.11. The van der Waals surface area contributed by atoms with E-state index in [-0.39, 0.29) is 5.69 Å². The largest absolute Gasteiger partial charge is 0.493 e. The van der Waals surface area contributed by atoms with Crippen LogP contribution in [0.2, 0.25) is 0 Å². The predicted octanol–water partition coefficient (Wildman–Crippen LogP) is 3.84. The molecular weight excluding hydrogens is 310 g/mol. The summed E-state index contributed by atoms with van der Waals surface area (Å²) in [6.45, 7) is 2.66. The Balaban J connectivity index is 2.06. The maximum absolute atomic E-state index is 10.7. The number of non-ortho nitro benzene ring substituents is 1. The van der Waals surface area contributed by atoms with Gasteiger partial charge in [0.1, 0.15) is 0 Å². The van der Waals surface area contributed by atoms with Gasteiger partial charge in [0.2, 0.25) is 0 Å². The van der Waals surface area contributed by atoms with E-state index in [1.165, 1.54) is 12.1 Å². The first-order valence-electron chi connectivity index (χ1n) is 7.48. The molecule has 126 valence electrons. The molecule has 24 heavy (non-hydrogen) atoms. The maximum atomic E-state index is 10.7. The normalized spacial score (nSPS) is 10.6. The Bertz CT molecular complexity index is 732. The molecule has 7 heteroatoms. The Hall–Kier alpha value is -3.09. The van der Waals surface area contributed by atoms with Crippen molar-refractivity contribution in [1.82, 2.24) is 0 Å². The van der Waals surface area contributed by atoms with Gasteiger partial charge in [-0.05, 0) is 36.2 Å². The summed E-state index contributed by atoms with van der Waals surface area (Å²) in [6.07, 6.45) is 2.52. The van der Waals surface area contributed by atoms with Gasteiger partial charge in [0.05, 0.1) is 30.5 Å². The van der Waals surface area contributed by atoms with Gasteiger partial charge in [0, 0.05) is 12.1 Å². The average molecular weight is 329 g/mol. The third-order valence-electron chi connectivity index (χ3n) is 3.11. The van der Waals surface area contributed by atoms with Crippen LogP contribution in [0, 0.1) is 10.1 Å². The Morgan fingerprint density at radius 3 is 2.79 bits per heavy atom. The number of ether oxygens (including phenoxy) is 2. The maximum Gasteiger partial charge on any atom is 0.271 e. The highest BCUT2D eigenvalue weighted by atomic mass is 16.6. The summed E-state index contributed by atoms with van der Waals surface area (Å²) >= 11 is 0. The molecule has 2 aromatic carbocycles. The molecule has 0 amide bonds. The number of benzene rings is 2. The number of rotatable bonds is 8. The zero-order chi connectivity index (χ0) is 17.4. The molecule has 0 radical (unpaired) electrons. The van der Waals surface area contributed by atoms with Crippen molar-refractivity contribution < 1.29 is 14.4 Å². The third kappa shape index (κ3) is 4.70. The van der Waals surface area contributed by atoms with E-state index in [0.717, 1.165) is 12.0 Å². The molecule has 0 aliphatic carbocycles. The van der Waals surface area contributed by atoms with Crippen LogP contribution in [-0.2, 0) is 0 Å². The molecule has 0 aliphatic heterocycles. The number of hydrogen-bond donors (Lipinski definition) is 1. The lowest BCUT2D eigenvalue weighted by Crippen LogP contribution is -1.98. The first-order chi connectivity index (χ1) is 11.6. The van der Waals surface area contributed by atoms with Crippen molar-refractivity contribution in [2.24, 2.45) is 5.10 Å². The lowest BCUT2D eigenvalue weighted by molar-refractivity contribution is -0.384. The van der Waals surface area contributed by atoms with Crippen LogP contribution in [0.1, 0.15) is 18.9 Å². The van der Waals surface area contributed by atoms with Crippen molar-refractivity contribution in [3.63, 3.8) is 0 Å². The van der Waals surface area contributed by atoms with E-state index < -0.39 is 4.92 Å². The second kappa shape index (κ2) is 8.52. The van der Waals surface area contributed by atoms with Crippen molar-refractivity contribution in [2.45, 2.75) is 13.3 Å². The van der Waals surface area contributed by atoms with Crippen molar-refractivity contribution in [2.75, 3.05) is 19.1 Å². The van der Waals surface area contributed by atoms with Gasteiger partial charge in [-0.25, -0.2) is 0 Å². The molecule has 0 saturated carbocycles. The Morgan fingerprint density at radius 1 is 1.25 bits per heavy atom. The van der Waals surface area contributed by atoms with Gasteiger partial charge in [-0.1, -0.05) is 13.0 Å². The molecule has 0 unspecified atom stereocenters. The van der Waals surface area contributed by atoms with Gasteiger partial charge in [0.25, 0.3) is 5.69 Å². The van der Waals surface area contributed by atoms with Gasteiger partial charge in [-0.15, -0.1) is 0 Å². The first kappa shape index (κ1) is 17.3. The van der Waals surface area contributed by atoms with Crippen LogP contribution in [0.4, 0.5) is 11.4 Å². The van der Waals surface area contributed by atoms with Crippen molar-refractivity contribution in [3.8, 4) is 11.5 Å². The summed E-state index contributed by atoms with van der Waals surface area (Å²) < 4.78 is 10.9. The molecule has 0 spiro atoms. The van der Waals surface area contributed by atoms with Crippen molar-refractivity contribution in [1.29, 1.82) is 0 Å². The summed E-state index contributed by atoms with van der Waals surface area (Å²) in [5.74, 6) is 1.31. The Labute approximate surface area is 140 Å². The summed E-state index contributed by atoms with van der Waals surface area (Å²) in [5.41, 5.74) is 4.13. The van der Waals surface area contributed by atoms with Gasteiger partial charge >= 0.3 is 0 Å². The quantitative estimate of drug-likeness (QED) is 0.452. The van der Waals surface area contributed by atoms with Crippen LogP contribution < -0.4 is 14.9 Å². The minimum atomic E-state index is -0.450. The zero-order valence-electron chi connectivity index (χ0n) is 13.6. The lowest BCUT2D eigenvalue weighted by Gasteiger charge is -2.10. The molecule has 2 rings (SSSR count). The Kier molecular flexibility index (Phi) is 6.13. The van der Waals surface area contributed by atoms with Crippen LogP contribution >= 0.6 is 0 Å². The van der Waals surface area contributed by atoms with E-state index in [1.54, 1.807) is 25.5 Å². The van der Waals surface area contributed by atoms with Crippen LogP contribution in [-0.4, -0.2) is 24.9 Å². The monoisotopic (exact) mass is 329 g/mol. The molecule has 0 saturated heterocycles. The molecule has 7 nitrogen and oxygen atoms in total. The van der Waals surface area contributed by atoms with E-state index in [1.807, 2.05) is 25.1 Å². The van der Waals surface area contributed by atoms with Gasteiger partial charge < -0.3 is 9.47 Å². The number of nitro benzene ring substituents is 1. The van der Waals surface area contributed by atoms with Gasteiger partial charge in [-0.2, -0.15) is 5.10 Å². The number of hydrogen-bond acceptors (Lipinski definition) is 6. The highest BCUT2D eigenvalue weighted by Gasteiger charge is 2.06. The number of hydrazone groups is 1. The summed E-state index contributed by atoms with van der Waals surface area (Å²) in [4.78, 5) is 10.3. The molecular formula is C17H19N3O4. The summed E-state index contributed by atoms with van der Waals surface area (Å²) in [6, 6.07) is 11.6. The number of methoxy groups -OCH3 is 1. The number of anilines is 1. The lowest BCUT2D eigenvalue weighted by atomic mass is 10.2. The van der Waals surface area contributed by atoms with Crippen LogP contribution in [0.15, 0.2) is 47.6 Å². The molecule has 0 bridgehead atoms. The molecule has 0 aromatic heterocycles. The molecule has 0 aliphatic rings. The zero-order valence-corrected chi connectivity index (χ0v) is 13.6. The van der Waals surface area contributed by atoms with Crippen LogP contribution in [0.5, 0.6) is 11.5 Å². The van der Waals surface area contributed by atoms with Gasteiger partial charge in [0.15, 0.2) is 11.5 Å². The molecule has 0 heterocycles. The molecule has 0 atom stereocenters. The van der Waals surface area contributed by atoms with Crippen LogP contribution in [0.3, 0.4) is 0 Å². The average Bonchev–Trinajstić information content (AvgIpc) is 2.60. The second-order valence-corrected chi connectivity index (χ2v) is 4.94. The van der Waals surface area contributed by atoms with Gasteiger partial charge in [-0.3, -0.25) is 15.5 Å². The highest BCUT2D eigenvalue weighted by Crippen LogP contribution is 2.27. The van der Waals surface area contributed by atoms with E-state index in [9.17, 15) is 10.1 Å². The summed E-state index contributed by atoms with van der Waals surface area (Å²) in [7, 11) is 1.58. The van der Waals surface area contributed by atoms with E-state index in [4.69, 9.17) is 9.47 Å². The number of nitrogens with zero attached hydrogens (tertiary/aromatic N) is 2. The van der Waals surface area contributed by atoms with Crippen molar-refractivity contribution in [3.05, 3.63) is 58.1 Å². The van der Waals surface area contributed by atoms with E-state index in [0.29, 0.717) is 23.8 Å². The fourth-order valence-corrected chi connectivity index (χ4v) is 1.97. The van der Waals surface area contributed by atoms with E-state index in [2.05, 4.69) is 10.5 Å². The molecule has 1 N–H and O–H groups in total. The standard InChI is InChI=1S/C17H19N3O4/c1-3-9-24-16-8-7-13(10-17(16)23-2)12-18-19-14-5-4-6-15(11-14)20(21)22/h4-8,10-12,19H,3,9H2,1-2H3. The minimum absolute atomic E-state index is 0.00861. The predicted molar refractivity (Wildman–Crippen MR) is 93.1 cm³/mol. The number of nitro groups is 1. The Morgan fingerprint density at radius 2 is 2.08 bits per heavy atom. The van der Waals surface area contributed by atoms with E-state index >= 15 is 0 Å². The number of nitrogens with one attached hydrogen (secondary N) is 1. The minimum Gasteiger partial charge on any atom is -0.493 e. The molecule has 2 aromatic rings. The van der Waals surface area contributed by atoms with Crippen molar-refractivity contribution >= 4 is 17.6 Å². The van der Waals surface area contributed by atoms with Crippen LogP contribution in [0.25, 0.3) is 0 Å². The summed E-state index contributed by atoms with van der Waals surface area (Å²) in [5, 5.41) is 14.8. The molecule has 0 fully saturated rings. The second-order valence-electron chi connectivity index (χ2n) is 4.94. The SMILES string of the molecule is CCCOc1ccc(C=NNc2cccc([N+](=O)[O-])c2)cc1OC.